The van der Waals surface area contributed by atoms with Crippen molar-refractivity contribution in [3.8, 4) is 0 Å². The fourth-order valence-electron chi connectivity index (χ4n) is 3.21. The molecule has 4 nitrogen and oxygen atoms in total. The van der Waals surface area contributed by atoms with Crippen LogP contribution < -0.4 is 5.32 Å². The van der Waals surface area contributed by atoms with E-state index in [1.165, 1.54) is 0 Å². The van der Waals surface area contributed by atoms with Gasteiger partial charge in [0.25, 0.3) is 0 Å². The van der Waals surface area contributed by atoms with Gasteiger partial charge < -0.3 is 10.4 Å². The topological polar surface area (TPSA) is 66.4 Å². The van der Waals surface area contributed by atoms with Crippen molar-refractivity contribution in [3.05, 3.63) is 0 Å². The highest BCUT2D eigenvalue weighted by Crippen LogP contribution is 2.44. The third-order valence-corrected chi connectivity index (χ3v) is 4.22. The Morgan fingerprint density at radius 2 is 1.84 bits per heavy atom. The molecule has 1 amide bonds. The van der Waals surface area contributed by atoms with Gasteiger partial charge in [0.1, 0.15) is 0 Å². The second-order valence-electron chi connectivity index (χ2n) is 5.92. The van der Waals surface area contributed by atoms with E-state index in [0.29, 0.717) is 6.42 Å². The van der Waals surface area contributed by atoms with Gasteiger partial charge in [-0.2, -0.15) is 0 Å². The number of carboxylic acid groups (broad SMARTS) is 1. The Bertz CT molecular complexity index is 309. The summed E-state index contributed by atoms with van der Waals surface area (Å²) in [6.45, 7) is 4.18. The van der Waals surface area contributed by atoms with E-state index >= 15 is 0 Å². The highest BCUT2D eigenvalue weighted by Gasteiger charge is 2.38. The zero-order chi connectivity index (χ0) is 14.3. The number of nitrogens with one attached hydrogen (secondary N) is 1. The van der Waals surface area contributed by atoms with Crippen LogP contribution in [0.2, 0.25) is 0 Å². The lowest BCUT2D eigenvalue weighted by atomic mass is 9.79. The van der Waals surface area contributed by atoms with Crippen LogP contribution >= 0.6 is 0 Å². The van der Waals surface area contributed by atoms with E-state index in [1.807, 2.05) is 0 Å². The Morgan fingerprint density at radius 1 is 1.21 bits per heavy atom. The van der Waals surface area contributed by atoms with Crippen LogP contribution in [0.25, 0.3) is 0 Å². The molecule has 1 fully saturated rings. The smallest absolute Gasteiger partial charge is 0.303 e. The predicted molar refractivity (Wildman–Crippen MR) is 74.9 cm³/mol. The molecule has 1 unspecified atom stereocenters. The summed E-state index contributed by atoms with van der Waals surface area (Å²) in [6.07, 6.45) is 7.33. The number of carbonyl (C=O) groups excluding carboxylic acids is 1. The second-order valence-corrected chi connectivity index (χ2v) is 5.92. The van der Waals surface area contributed by atoms with Gasteiger partial charge in [-0.1, -0.05) is 33.1 Å². The van der Waals surface area contributed by atoms with Crippen LogP contribution in [0.3, 0.4) is 0 Å². The Balaban J connectivity index is 2.54. The van der Waals surface area contributed by atoms with Crippen molar-refractivity contribution in [1.82, 2.24) is 5.32 Å². The summed E-state index contributed by atoms with van der Waals surface area (Å²) in [5, 5.41) is 12.1. The van der Waals surface area contributed by atoms with Crippen molar-refractivity contribution in [3.63, 3.8) is 0 Å². The van der Waals surface area contributed by atoms with Crippen molar-refractivity contribution >= 4 is 11.9 Å². The molecule has 0 bridgehead atoms. The molecule has 0 aromatic heterocycles. The first-order valence-electron chi connectivity index (χ1n) is 7.52. The number of hydrogen-bond donors (Lipinski definition) is 2. The number of amides is 1. The molecule has 0 radical (unpaired) electrons. The van der Waals surface area contributed by atoms with Crippen LogP contribution in [0.4, 0.5) is 0 Å². The van der Waals surface area contributed by atoms with Crippen molar-refractivity contribution < 1.29 is 14.7 Å². The first-order chi connectivity index (χ1) is 9.01. The molecule has 1 rings (SSSR count). The van der Waals surface area contributed by atoms with E-state index in [2.05, 4.69) is 19.2 Å². The van der Waals surface area contributed by atoms with Gasteiger partial charge in [0.05, 0.1) is 6.42 Å². The molecule has 0 aliphatic heterocycles. The minimum atomic E-state index is -0.782. The molecule has 1 aliphatic rings. The van der Waals surface area contributed by atoms with Gasteiger partial charge in [0.15, 0.2) is 0 Å². The van der Waals surface area contributed by atoms with E-state index in [4.69, 9.17) is 5.11 Å². The largest absolute Gasteiger partial charge is 0.481 e. The molecule has 0 spiro atoms. The number of carbonyl (C=O) groups is 2. The van der Waals surface area contributed by atoms with Gasteiger partial charge in [0, 0.05) is 12.5 Å². The minimum absolute atomic E-state index is 0.0310. The van der Waals surface area contributed by atoms with Crippen LogP contribution in [0.15, 0.2) is 0 Å². The zero-order valence-electron chi connectivity index (χ0n) is 12.2. The van der Waals surface area contributed by atoms with E-state index < -0.39 is 5.97 Å². The van der Waals surface area contributed by atoms with Gasteiger partial charge in [-0.25, -0.2) is 0 Å². The SMILES string of the molecule is CCCC(CC)NC(=O)CC1(CC(=O)O)CCCC1. The van der Waals surface area contributed by atoms with Gasteiger partial charge in [0.2, 0.25) is 5.91 Å². The van der Waals surface area contributed by atoms with Crippen LogP contribution in [0, 0.1) is 5.41 Å². The molecule has 2 N–H and O–H groups in total. The maximum absolute atomic E-state index is 12.1. The number of rotatable bonds is 8. The third kappa shape index (κ3) is 5.21. The number of hydrogen-bond acceptors (Lipinski definition) is 2. The Labute approximate surface area is 116 Å². The summed E-state index contributed by atoms with van der Waals surface area (Å²) in [5.74, 6) is -0.751. The lowest BCUT2D eigenvalue weighted by Crippen LogP contribution is -2.38. The van der Waals surface area contributed by atoms with Crippen LogP contribution in [0.5, 0.6) is 0 Å². The van der Waals surface area contributed by atoms with Gasteiger partial charge in [-0.15, -0.1) is 0 Å². The summed E-state index contributed by atoms with van der Waals surface area (Å²) in [7, 11) is 0. The zero-order valence-corrected chi connectivity index (χ0v) is 12.2. The van der Waals surface area contributed by atoms with Gasteiger partial charge in [-0.05, 0) is 31.1 Å². The molecule has 4 heteroatoms. The molecule has 1 saturated carbocycles. The summed E-state index contributed by atoms with van der Waals surface area (Å²) in [4.78, 5) is 23.1. The highest BCUT2D eigenvalue weighted by molar-refractivity contribution is 5.78. The molecule has 0 aromatic rings. The van der Waals surface area contributed by atoms with Gasteiger partial charge >= 0.3 is 5.97 Å². The third-order valence-electron chi connectivity index (χ3n) is 4.22. The standard InChI is InChI=1S/C15H27NO3/c1-3-7-12(4-2)16-13(17)10-15(11-14(18)19)8-5-6-9-15/h12H,3-11H2,1-2H3,(H,16,17)(H,18,19). The number of aliphatic carboxylic acids is 1. The molecule has 0 saturated heterocycles. The van der Waals surface area contributed by atoms with Gasteiger partial charge in [-0.3, -0.25) is 9.59 Å². The summed E-state index contributed by atoms with van der Waals surface area (Å²) < 4.78 is 0. The monoisotopic (exact) mass is 269 g/mol. The van der Waals surface area contributed by atoms with Crippen LogP contribution in [-0.4, -0.2) is 23.0 Å². The summed E-state index contributed by atoms with van der Waals surface area (Å²) in [6, 6.07) is 0.237. The predicted octanol–water partition coefficient (Wildman–Crippen LogP) is 3.11. The van der Waals surface area contributed by atoms with E-state index in [1.54, 1.807) is 0 Å². The maximum Gasteiger partial charge on any atom is 0.303 e. The molecule has 0 heterocycles. The van der Waals surface area contributed by atoms with Crippen LogP contribution in [-0.2, 0) is 9.59 Å². The molecule has 0 aromatic carbocycles. The first kappa shape index (κ1) is 16.0. The quantitative estimate of drug-likeness (QED) is 0.711. The van der Waals surface area contributed by atoms with Crippen LogP contribution in [0.1, 0.15) is 71.6 Å². The average Bonchev–Trinajstić information content (AvgIpc) is 2.75. The molecular weight excluding hydrogens is 242 g/mol. The average molecular weight is 269 g/mol. The van der Waals surface area contributed by atoms with Crippen molar-refractivity contribution in [2.75, 3.05) is 0 Å². The van der Waals surface area contributed by atoms with Crippen molar-refractivity contribution in [2.24, 2.45) is 5.41 Å². The van der Waals surface area contributed by atoms with E-state index in [0.717, 1.165) is 44.9 Å². The lowest BCUT2D eigenvalue weighted by Gasteiger charge is -2.27. The minimum Gasteiger partial charge on any atom is -0.481 e. The molecule has 1 aliphatic carbocycles. The summed E-state index contributed by atoms with van der Waals surface area (Å²) in [5.41, 5.74) is -0.291. The Morgan fingerprint density at radius 3 is 2.32 bits per heavy atom. The van der Waals surface area contributed by atoms with Crippen molar-refractivity contribution in [1.29, 1.82) is 0 Å². The van der Waals surface area contributed by atoms with E-state index in [9.17, 15) is 9.59 Å². The maximum atomic E-state index is 12.1. The molecular formula is C15H27NO3. The molecule has 1 atom stereocenters. The fraction of sp³-hybridized carbons (Fsp3) is 0.867. The van der Waals surface area contributed by atoms with E-state index in [-0.39, 0.29) is 23.8 Å². The fourth-order valence-corrected chi connectivity index (χ4v) is 3.21. The molecule has 19 heavy (non-hydrogen) atoms. The second kappa shape index (κ2) is 7.51. The normalized spacial score (nSPS) is 19.1. The highest BCUT2D eigenvalue weighted by atomic mass is 16.4. The Kier molecular flexibility index (Phi) is 6.32. The Hall–Kier alpha value is -1.06. The first-order valence-corrected chi connectivity index (χ1v) is 7.52. The lowest BCUT2D eigenvalue weighted by molar-refractivity contribution is -0.140. The molecule has 110 valence electrons. The number of carboxylic acids is 1. The summed E-state index contributed by atoms with van der Waals surface area (Å²) >= 11 is 0. The van der Waals surface area contributed by atoms with Crippen molar-refractivity contribution in [2.45, 2.75) is 77.7 Å².